The fourth-order valence-corrected chi connectivity index (χ4v) is 3.47. The zero-order valence-electron chi connectivity index (χ0n) is 11.6. The fraction of sp³-hybridized carbons (Fsp3) is 0.688. The van der Waals surface area contributed by atoms with Crippen LogP contribution in [0.4, 0.5) is 0 Å². The van der Waals surface area contributed by atoms with Crippen molar-refractivity contribution < 1.29 is 0 Å². The first-order valence-electron chi connectivity index (χ1n) is 7.69. The first kappa shape index (κ1) is 13.1. The highest BCUT2D eigenvalue weighted by Gasteiger charge is 2.40. The highest BCUT2D eigenvalue weighted by Crippen LogP contribution is 2.42. The number of pyridine rings is 1. The monoisotopic (exact) mass is 259 g/mol. The van der Waals surface area contributed by atoms with E-state index >= 15 is 0 Å². The number of aromatic nitrogens is 1. The van der Waals surface area contributed by atoms with E-state index in [0.717, 1.165) is 6.54 Å². The minimum absolute atomic E-state index is 0.306. The maximum absolute atomic E-state index is 5.97. The topological polar surface area (TPSA) is 50.9 Å². The molecule has 0 amide bonds. The summed E-state index contributed by atoms with van der Waals surface area (Å²) in [6.45, 7) is 1.09. The van der Waals surface area contributed by atoms with Gasteiger partial charge in [-0.05, 0) is 50.7 Å². The summed E-state index contributed by atoms with van der Waals surface area (Å²) in [6.07, 6.45) is 10.6. The van der Waals surface area contributed by atoms with Crippen LogP contribution in [0.5, 0.6) is 0 Å². The summed E-state index contributed by atoms with van der Waals surface area (Å²) in [4.78, 5) is 4.59. The third kappa shape index (κ3) is 2.82. The van der Waals surface area contributed by atoms with E-state index < -0.39 is 0 Å². The van der Waals surface area contributed by atoms with Crippen LogP contribution in [-0.2, 0) is 5.41 Å². The average Bonchev–Trinajstić information content (AvgIpc) is 2.41. The smallest absolute Gasteiger partial charge is 0.0478 e. The highest BCUT2D eigenvalue weighted by atomic mass is 14.9. The third-order valence-corrected chi connectivity index (χ3v) is 5.02. The van der Waals surface area contributed by atoms with Crippen LogP contribution in [0.3, 0.4) is 0 Å². The molecule has 3 rings (SSSR count). The minimum atomic E-state index is 0.306. The van der Waals surface area contributed by atoms with Crippen LogP contribution in [0, 0.1) is 0 Å². The predicted octanol–water partition coefficient (Wildman–Crippen LogP) is 2.36. The lowest BCUT2D eigenvalue weighted by Gasteiger charge is -2.43. The Balaban J connectivity index is 1.58. The van der Waals surface area contributed by atoms with Crippen LogP contribution in [-0.4, -0.2) is 23.6 Å². The Kier molecular flexibility index (Phi) is 3.85. The van der Waals surface area contributed by atoms with Crippen molar-refractivity contribution in [2.24, 2.45) is 5.73 Å². The second-order valence-electron chi connectivity index (χ2n) is 6.34. The molecule has 0 bridgehead atoms. The van der Waals surface area contributed by atoms with E-state index in [1.807, 2.05) is 12.3 Å². The van der Waals surface area contributed by atoms with Crippen molar-refractivity contribution in [1.82, 2.24) is 10.3 Å². The molecular weight excluding hydrogens is 234 g/mol. The minimum Gasteiger partial charge on any atom is -0.328 e. The molecule has 3 nitrogen and oxygen atoms in total. The maximum atomic E-state index is 5.97. The Morgan fingerprint density at radius 2 is 2.00 bits per heavy atom. The molecule has 0 radical (unpaired) electrons. The van der Waals surface area contributed by atoms with Crippen LogP contribution in [0.25, 0.3) is 0 Å². The summed E-state index contributed by atoms with van der Waals surface area (Å²) < 4.78 is 0. The number of rotatable bonds is 4. The number of nitrogens with two attached hydrogens (primary N) is 1. The van der Waals surface area contributed by atoms with E-state index in [2.05, 4.69) is 22.4 Å². The Morgan fingerprint density at radius 3 is 2.58 bits per heavy atom. The van der Waals surface area contributed by atoms with Crippen LogP contribution < -0.4 is 11.1 Å². The predicted molar refractivity (Wildman–Crippen MR) is 78.0 cm³/mol. The van der Waals surface area contributed by atoms with Crippen molar-refractivity contribution in [1.29, 1.82) is 0 Å². The molecule has 0 unspecified atom stereocenters. The summed E-state index contributed by atoms with van der Waals surface area (Å²) in [7, 11) is 0. The van der Waals surface area contributed by atoms with Gasteiger partial charge in [-0.1, -0.05) is 12.5 Å². The normalized spacial score (nSPS) is 29.7. The first-order chi connectivity index (χ1) is 9.28. The van der Waals surface area contributed by atoms with Crippen LogP contribution in [0.1, 0.15) is 50.6 Å². The summed E-state index contributed by atoms with van der Waals surface area (Å²) in [5.74, 6) is 0. The molecule has 0 spiro atoms. The third-order valence-electron chi connectivity index (χ3n) is 5.02. The maximum Gasteiger partial charge on any atom is 0.0478 e. The van der Waals surface area contributed by atoms with Gasteiger partial charge in [0.05, 0.1) is 0 Å². The van der Waals surface area contributed by atoms with Gasteiger partial charge >= 0.3 is 0 Å². The second kappa shape index (κ2) is 5.59. The van der Waals surface area contributed by atoms with Gasteiger partial charge in [0, 0.05) is 35.9 Å². The lowest BCUT2D eigenvalue weighted by molar-refractivity contribution is 0.207. The van der Waals surface area contributed by atoms with E-state index in [1.54, 1.807) is 0 Å². The van der Waals surface area contributed by atoms with Crippen molar-refractivity contribution >= 4 is 0 Å². The molecule has 1 aromatic rings. The summed E-state index contributed by atoms with van der Waals surface area (Å²) in [5.41, 5.74) is 7.55. The van der Waals surface area contributed by atoms with E-state index in [0.29, 0.717) is 17.5 Å². The number of nitrogens with one attached hydrogen (secondary N) is 1. The number of hydrogen-bond acceptors (Lipinski definition) is 3. The molecule has 0 aliphatic heterocycles. The van der Waals surface area contributed by atoms with Gasteiger partial charge in [0.15, 0.2) is 0 Å². The average molecular weight is 259 g/mol. The molecule has 3 N–H and O–H groups in total. The van der Waals surface area contributed by atoms with Crippen LogP contribution in [0.15, 0.2) is 24.4 Å². The van der Waals surface area contributed by atoms with Crippen molar-refractivity contribution in [2.45, 2.75) is 62.4 Å². The fourth-order valence-electron chi connectivity index (χ4n) is 3.47. The Morgan fingerprint density at radius 1 is 1.21 bits per heavy atom. The lowest BCUT2D eigenvalue weighted by atomic mass is 9.66. The van der Waals surface area contributed by atoms with Gasteiger partial charge in [-0.25, -0.2) is 0 Å². The molecule has 2 aliphatic carbocycles. The largest absolute Gasteiger partial charge is 0.328 e. The van der Waals surface area contributed by atoms with Crippen molar-refractivity contribution in [2.75, 3.05) is 6.54 Å². The zero-order valence-corrected chi connectivity index (χ0v) is 11.6. The van der Waals surface area contributed by atoms with Gasteiger partial charge in [-0.2, -0.15) is 0 Å². The van der Waals surface area contributed by atoms with Crippen molar-refractivity contribution in [3.63, 3.8) is 0 Å². The molecule has 0 atom stereocenters. The Bertz CT molecular complexity index is 392. The van der Waals surface area contributed by atoms with Crippen molar-refractivity contribution in [3.8, 4) is 0 Å². The summed E-state index contributed by atoms with van der Waals surface area (Å²) in [6, 6.07) is 7.42. The van der Waals surface area contributed by atoms with E-state index in [4.69, 9.17) is 5.73 Å². The molecule has 0 aromatic carbocycles. The second-order valence-corrected chi connectivity index (χ2v) is 6.34. The van der Waals surface area contributed by atoms with Gasteiger partial charge in [0.1, 0.15) is 0 Å². The highest BCUT2D eigenvalue weighted by molar-refractivity contribution is 5.21. The Hall–Kier alpha value is -0.930. The van der Waals surface area contributed by atoms with Crippen LogP contribution >= 0.6 is 0 Å². The molecule has 2 fully saturated rings. The standard InChI is InChI=1S/C16H25N3/c17-13-5-7-14(8-6-13)19-12-16(9-3-10-16)15-4-1-2-11-18-15/h1-2,4,11,13-14,19H,3,5-10,12,17H2. The molecule has 0 saturated heterocycles. The molecule has 1 aromatic heterocycles. The molecule has 3 heteroatoms. The van der Waals surface area contributed by atoms with E-state index in [-0.39, 0.29) is 0 Å². The van der Waals surface area contributed by atoms with Gasteiger partial charge in [0.2, 0.25) is 0 Å². The Labute approximate surface area is 116 Å². The quantitative estimate of drug-likeness (QED) is 0.873. The molecule has 2 aliphatic rings. The van der Waals surface area contributed by atoms with Crippen LogP contribution in [0.2, 0.25) is 0 Å². The summed E-state index contributed by atoms with van der Waals surface area (Å²) >= 11 is 0. The number of nitrogens with zero attached hydrogens (tertiary/aromatic N) is 1. The van der Waals surface area contributed by atoms with E-state index in [9.17, 15) is 0 Å². The number of hydrogen-bond donors (Lipinski definition) is 2. The molecule has 104 valence electrons. The zero-order chi connectivity index (χ0) is 13.1. The summed E-state index contributed by atoms with van der Waals surface area (Å²) in [5, 5.41) is 3.79. The van der Waals surface area contributed by atoms with Gasteiger partial charge < -0.3 is 11.1 Å². The molecule has 19 heavy (non-hydrogen) atoms. The van der Waals surface area contributed by atoms with Crippen molar-refractivity contribution in [3.05, 3.63) is 30.1 Å². The molecule has 2 saturated carbocycles. The van der Waals surface area contributed by atoms with E-state index in [1.165, 1.54) is 50.6 Å². The molecular formula is C16H25N3. The van der Waals surface area contributed by atoms with Gasteiger partial charge in [-0.3, -0.25) is 4.98 Å². The van der Waals surface area contributed by atoms with Gasteiger partial charge in [0.25, 0.3) is 0 Å². The SMILES string of the molecule is NC1CCC(NCC2(c3ccccn3)CCC2)CC1. The van der Waals surface area contributed by atoms with Gasteiger partial charge in [-0.15, -0.1) is 0 Å². The molecule has 1 heterocycles. The lowest BCUT2D eigenvalue weighted by Crippen LogP contribution is -2.48. The first-order valence-corrected chi connectivity index (χ1v) is 7.69.